The van der Waals surface area contributed by atoms with E-state index in [2.05, 4.69) is 31.0 Å². The first-order chi connectivity index (χ1) is 19.5. The molecule has 0 aliphatic heterocycles. The highest BCUT2D eigenvalue weighted by molar-refractivity contribution is 6.31. The van der Waals surface area contributed by atoms with Crippen LogP contribution in [0.15, 0.2) is 91.4 Å². The lowest BCUT2D eigenvalue weighted by Crippen LogP contribution is -2.40. The zero-order valence-electron chi connectivity index (χ0n) is 20.9. The molecule has 40 heavy (non-hydrogen) atoms. The predicted octanol–water partition coefficient (Wildman–Crippen LogP) is 3.79. The van der Waals surface area contributed by atoms with E-state index >= 15 is 0 Å². The van der Waals surface area contributed by atoms with Crippen LogP contribution in [0.3, 0.4) is 0 Å². The molecule has 0 aliphatic rings. The second kappa shape index (κ2) is 10.5. The number of H-pyrrole nitrogens is 1. The summed E-state index contributed by atoms with van der Waals surface area (Å²) in [4.78, 5) is 13.4. The van der Waals surface area contributed by atoms with Crippen molar-refractivity contribution in [1.82, 2.24) is 35.7 Å². The van der Waals surface area contributed by atoms with Crippen molar-refractivity contribution in [3.05, 3.63) is 118 Å². The highest BCUT2D eigenvalue weighted by atomic mass is 35.5. The summed E-state index contributed by atoms with van der Waals surface area (Å²) in [6.07, 6.45) is 3.33. The summed E-state index contributed by atoms with van der Waals surface area (Å²) in [5, 5.41) is 35.9. The number of carbonyl (C=O) groups excluding carboxylic acids is 1. The van der Waals surface area contributed by atoms with Gasteiger partial charge in [-0.15, -0.1) is 5.10 Å². The Morgan fingerprint density at radius 1 is 1.10 bits per heavy atom. The summed E-state index contributed by atoms with van der Waals surface area (Å²) < 4.78 is 2.27. The van der Waals surface area contributed by atoms with Crippen molar-refractivity contribution in [2.75, 3.05) is 5.73 Å². The Kier molecular flexibility index (Phi) is 6.54. The van der Waals surface area contributed by atoms with Crippen LogP contribution in [0, 0.1) is 5.21 Å². The average Bonchev–Trinajstić information content (AvgIpc) is 3.63. The molecule has 198 valence electrons. The minimum atomic E-state index is -0.623. The highest BCUT2D eigenvalue weighted by Crippen LogP contribution is 2.29. The third kappa shape index (κ3) is 4.93. The van der Waals surface area contributed by atoms with Crippen LogP contribution in [0.1, 0.15) is 27.7 Å². The molecule has 0 spiro atoms. The molecule has 1 atom stereocenters. The van der Waals surface area contributed by atoms with E-state index in [0.29, 0.717) is 50.8 Å². The van der Waals surface area contributed by atoms with Crippen molar-refractivity contribution >= 4 is 34.2 Å². The summed E-state index contributed by atoms with van der Waals surface area (Å²) in [7, 11) is 0. The number of tetrazole rings is 1. The Bertz CT molecular complexity index is 1820. The van der Waals surface area contributed by atoms with Gasteiger partial charge in [0, 0.05) is 39.6 Å². The van der Waals surface area contributed by atoms with Gasteiger partial charge in [0.1, 0.15) is 12.4 Å². The summed E-state index contributed by atoms with van der Waals surface area (Å²) >= 11 is 6.29. The topological polar surface area (TPSA) is 154 Å². The third-order valence-electron chi connectivity index (χ3n) is 6.61. The van der Waals surface area contributed by atoms with Gasteiger partial charge in [-0.1, -0.05) is 41.9 Å². The minimum absolute atomic E-state index is 0.337. The molecule has 4 N–H and O–H groups in total. The molecule has 0 fully saturated rings. The first-order valence-corrected chi connectivity index (χ1v) is 12.7. The van der Waals surface area contributed by atoms with Crippen LogP contribution >= 0.6 is 11.6 Å². The smallest absolute Gasteiger partial charge is 0.252 e. The number of hydrogen-bond donors (Lipinski definition) is 3. The number of hydrogen-bond acceptors (Lipinski definition) is 7. The van der Waals surface area contributed by atoms with E-state index < -0.39 is 6.04 Å². The fourth-order valence-electron chi connectivity index (χ4n) is 4.64. The molecule has 3 heterocycles. The minimum Gasteiger partial charge on any atom is -0.618 e. The molecule has 0 saturated heterocycles. The van der Waals surface area contributed by atoms with Gasteiger partial charge in [-0.2, -0.15) is 14.5 Å². The van der Waals surface area contributed by atoms with E-state index in [1.165, 1.54) is 17.2 Å². The molecule has 6 aromatic rings. The van der Waals surface area contributed by atoms with Gasteiger partial charge in [0.2, 0.25) is 5.69 Å². The standard InChI is InChI=1S/C28H22ClN9O2/c29-20-8-11-25(37-16-31-35-36-37)22(14-20)19-7-10-26(38(40)15-19)24(12-17-4-2-1-3-5-17)32-28(39)18-6-9-21-23(13-18)33-34-27(21)30/h1-11,13-16,24H,12H2,(H,32,39)(H3,30,33,34)/t24-/m0/s1. The maximum Gasteiger partial charge on any atom is 0.252 e. The molecule has 3 aromatic carbocycles. The number of pyridine rings is 1. The monoisotopic (exact) mass is 551 g/mol. The van der Waals surface area contributed by atoms with Gasteiger partial charge in [0.05, 0.1) is 11.2 Å². The van der Waals surface area contributed by atoms with E-state index in [1.54, 1.807) is 42.5 Å². The number of nitrogens with zero attached hydrogens (tertiary/aromatic N) is 6. The molecule has 0 unspecified atom stereocenters. The Hall–Kier alpha value is -5.29. The summed E-state index contributed by atoms with van der Waals surface area (Å²) in [6, 6.07) is 22.9. The molecule has 12 heteroatoms. The van der Waals surface area contributed by atoms with Crippen molar-refractivity contribution in [1.29, 1.82) is 0 Å². The summed E-state index contributed by atoms with van der Waals surface area (Å²) in [5.41, 5.74) is 10.2. The second-order valence-corrected chi connectivity index (χ2v) is 9.61. The number of nitrogens with two attached hydrogens (primary N) is 1. The Labute approximate surface area is 232 Å². The van der Waals surface area contributed by atoms with E-state index in [0.717, 1.165) is 15.7 Å². The molecule has 0 aliphatic carbocycles. The Morgan fingerprint density at radius 3 is 2.73 bits per heavy atom. The van der Waals surface area contributed by atoms with Gasteiger partial charge in [-0.05, 0) is 58.5 Å². The molecule has 0 radical (unpaired) electrons. The van der Waals surface area contributed by atoms with Crippen LogP contribution in [-0.2, 0) is 6.42 Å². The number of halogens is 1. The highest BCUT2D eigenvalue weighted by Gasteiger charge is 2.25. The molecular formula is C28H22ClN9O2. The van der Waals surface area contributed by atoms with Gasteiger partial charge in [0.15, 0.2) is 12.0 Å². The normalized spacial score (nSPS) is 11.9. The number of amides is 1. The van der Waals surface area contributed by atoms with Crippen molar-refractivity contribution in [2.45, 2.75) is 12.5 Å². The van der Waals surface area contributed by atoms with Crippen molar-refractivity contribution in [2.24, 2.45) is 0 Å². The molecule has 0 saturated carbocycles. The van der Waals surface area contributed by atoms with Crippen LogP contribution in [-0.4, -0.2) is 36.3 Å². The van der Waals surface area contributed by atoms with E-state index in [9.17, 15) is 10.0 Å². The van der Waals surface area contributed by atoms with Gasteiger partial charge >= 0.3 is 0 Å². The van der Waals surface area contributed by atoms with Crippen LogP contribution in [0.2, 0.25) is 5.02 Å². The largest absolute Gasteiger partial charge is 0.618 e. The van der Waals surface area contributed by atoms with Crippen LogP contribution in [0.4, 0.5) is 5.82 Å². The maximum atomic E-state index is 13.5. The summed E-state index contributed by atoms with van der Waals surface area (Å²) in [6.45, 7) is 0. The number of carbonyl (C=O) groups is 1. The number of anilines is 1. The first kappa shape index (κ1) is 25.0. The predicted molar refractivity (Wildman–Crippen MR) is 149 cm³/mol. The molecule has 3 aromatic heterocycles. The zero-order chi connectivity index (χ0) is 27.6. The Balaban J connectivity index is 1.35. The quantitative estimate of drug-likeness (QED) is 0.201. The number of aromatic amines is 1. The molecule has 0 bridgehead atoms. The number of benzene rings is 3. The van der Waals surface area contributed by atoms with Gasteiger partial charge in [0.25, 0.3) is 5.91 Å². The number of rotatable bonds is 7. The fourth-order valence-corrected chi connectivity index (χ4v) is 4.81. The maximum absolute atomic E-state index is 13.5. The summed E-state index contributed by atoms with van der Waals surface area (Å²) in [5.74, 6) is 0.0234. The zero-order valence-corrected chi connectivity index (χ0v) is 21.7. The molecule has 11 nitrogen and oxygen atoms in total. The first-order valence-electron chi connectivity index (χ1n) is 12.3. The molecule has 6 rings (SSSR count). The van der Waals surface area contributed by atoms with Gasteiger partial charge in [-0.3, -0.25) is 9.89 Å². The van der Waals surface area contributed by atoms with Crippen molar-refractivity contribution in [3.63, 3.8) is 0 Å². The number of nitrogens with one attached hydrogen (secondary N) is 2. The number of aromatic nitrogens is 7. The van der Waals surface area contributed by atoms with Crippen LogP contribution in [0.5, 0.6) is 0 Å². The molecule has 1 amide bonds. The lowest BCUT2D eigenvalue weighted by atomic mass is 10.00. The molecular weight excluding hydrogens is 530 g/mol. The number of fused-ring (bicyclic) bond motifs is 1. The van der Waals surface area contributed by atoms with Crippen molar-refractivity contribution < 1.29 is 9.52 Å². The van der Waals surface area contributed by atoms with Crippen molar-refractivity contribution in [3.8, 4) is 16.8 Å². The second-order valence-electron chi connectivity index (χ2n) is 9.17. The van der Waals surface area contributed by atoms with Gasteiger partial charge < -0.3 is 16.3 Å². The lowest BCUT2D eigenvalue weighted by molar-refractivity contribution is -0.615. The van der Waals surface area contributed by atoms with Gasteiger partial charge in [-0.25, -0.2) is 0 Å². The SMILES string of the molecule is Nc1n[nH]c2cc(C(=O)N[C@@H](Cc3ccccc3)c3ccc(-c4cc(Cl)ccc4-n4cnnn4)c[n+]3[O-])ccc12. The van der Waals surface area contributed by atoms with E-state index in [1.807, 2.05) is 36.4 Å². The Morgan fingerprint density at radius 2 is 1.95 bits per heavy atom. The van der Waals surface area contributed by atoms with E-state index in [4.69, 9.17) is 17.3 Å². The van der Waals surface area contributed by atoms with Crippen LogP contribution < -0.4 is 15.8 Å². The van der Waals surface area contributed by atoms with E-state index in [-0.39, 0.29) is 5.91 Å². The average molecular weight is 552 g/mol. The third-order valence-corrected chi connectivity index (χ3v) is 6.84. The lowest BCUT2D eigenvalue weighted by Gasteiger charge is -2.19. The number of nitrogen functional groups attached to an aromatic ring is 1. The van der Waals surface area contributed by atoms with Crippen LogP contribution in [0.25, 0.3) is 27.7 Å². The fraction of sp³-hybridized carbons (Fsp3) is 0.0714.